The lowest BCUT2D eigenvalue weighted by Gasteiger charge is -2.20. The number of nitrogens with zero attached hydrogens (tertiary/aromatic N) is 1. The Kier molecular flexibility index (Phi) is 5.59. The third-order valence-electron chi connectivity index (χ3n) is 3.87. The van der Waals surface area contributed by atoms with Crippen LogP contribution in [0.3, 0.4) is 0 Å². The molecule has 1 aromatic heterocycles. The molecule has 2 rings (SSSR count). The maximum atomic E-state index is 11.7. The molecule has 1 saturated carbocycles. The molecule has 1 aliphatic rings. The summed E-state index contributed by atoms with van der Waals surface area (Å²) in [7, 11) is 0. The number of aliphatic hydroxyl groups excluding tert-OH is 1. The predicted octanol–water partition coefficient (Wildman–Crippen LogP) is 1.41. The SMILES string of the molecule is C#CCNC(=O)c1ccc(NC2CCCC2CCO)nc1. The molecule has 5 nitrogen and oxygen atoms in total. The van der Waals surface area contributed by atoms with Crippen LogP contribution in [0.1, 0.15) is 36.0 Å². The highest BCUT2D eigenvalue weighted by Gasteiger charge is 2.26. The van der Waals surface area contributed by atoms with Crippen LogP contribution in [0, 0.1) is 18.3 Å². The number of carbonyl (C=O) groups is 1. The van der Waals surface area contributed by atoms with Crippen molar-refractivity contribution in [1.82, 2.24) is 10.3 Å². The highest BCUT2D eigenvalue weighted by molar-refractivity contribution is 5.94. The first-order chi connectivity index (χ1) is 10.2. The number of nitrogens with one attached hydrogen (secondary N) is 2. The van der Waals surface area contributed by atoms with Crippen LogP contribution in [0.2, 0.25) is 0 Å². The molecule has 0 aliphatic heterocycles. The second kappa shape index (κ2) is 7.65. The number of pyridine rings is 1. The van der Waals surface area contributed by atoms with E-state index < -0.39 is 0 Å². The van der Waals surface area contributed by atoms with Crippen LogP contribution in [0.15, 0.2) is 18.3 Å². The molecular weight excluding hydrogens is 266 g/mol. The van der Waals surface area contributed by atoms with Gasteiger partial charge >= 0.3 is 0 Å². The molecule has 0 aromatic carbocycles. The van der Waals surface area contributed by atoms with Gasteiger partial charge in [-0.25, -0.2) is 4.98 Å². The zero-order chi connectivity index (χ0) is 15.1. The van der Waals surface area contributed by atoms with Crippen LogP contribution in [-0.4, -0.2) is 35.2 Å². The first-order valence-electron chi connectivity index (χ1n) is 7.29. The Hall–Kier alpha value is -2.06. The van der Waals surface area contributed by atoms with Crippen LogP contribution in [-0.2, 0) is 0 Å². The van der Waals surface area contributed by atoms with E-state index in [1.54, 1.807) is 18.3 Å². The molecule has 0 saturated heterocycles. The number of hydrogen-bond donors (Lipinski definition) is 3. The minimum atomic E-state index is -0.217. The standard InChI is InChI=1S/C16H21N3O2/c1-2-9-17-16(21)13-6-7-15(18-11-13)19-14-5-3-4-12(14)8-10-20/h1,6-7,11-12,14,20H,3-5,8-10H2,(H,17,21)(H,18,19). The van der Waals surface area contributed by atoms with E-state index in [0.29, 0.717) is 17.5 Å². The molecule has 2 unspecified atom stereocenters. The summed E-state index contributed by atoms with van der Waals surface area (Å²) in [5, 5.41) is 15.1. The number of aliphatic hydroxyl groups is 1. The molecular formula is C16H21N3O2. The van der Waals surface area contributed by atoms with Gasteiger partial charge < -0.3 is 15.7 Å². The van der Waals surface area contributed by atoms with Gasteiger partial charge in [-0.05, 0) is 37.3 Å². The summed E-state index contributed by atoms with van der Waals surface area (Å²) >= 11 is 0. The lowest BCUT2D eigenvalue weighted by molar-refractivity contribution is 0.0958. The highest BCUT2D eigenvalue weighted by Crippen LogP contribution is 2.30. The number of anilines is 1. The summed E-state index contributed by atoms with van der Waals surface area (Å²) in [5.41, 5.74) is 0.495. The third kappa shape index (κ3) is 4.20. The van der Waals surface area contributed by atoms with Crippen molar-refractivity contribution in [2.24, 2.45) is 5.92 Å². The van der Waals surface area contributed by atoms with Gasteiger partial charge in [0, 0.05) is 18.8 Å². The molecule has 21 heavy (non-hydrogen) atoms. The van der Waals surface area contributed by atoms with E-state index in [4.69, 9.17) is 11.5 Å². The van der Waals surface area contributed by atoms with E-state index in [0.717, 1.165) is 25.1 Å². The molecule has 0 radical (unpaired) electrons. The smallest absolute Gasteiger partial charge is 0.253 e. The van der Waals surface area contributed by atoms with Crippen LogP contribution < -0.4 is 10.6 Å². The topological polar surface area (TPSA) is 74.2 Å². The van der Waals surface area contributed by atoms with Crippen molar-refractivity contribution in [3.63, 3.8) is 0 Å². The van der Waals surface area contributed by atoms with E-state index in [1.165, 1.54) is 6.42 Å². The number of aromatic nitrogens is 1. The second-order valence-electron chi connectivity index (χ2n) is 5.27. The van der Waals surface area contributed by atoms with Gasteiger partial charge in [-0.3, -0.25) is 4.79 Å². The summed E-state index contributed by atoms with van der Waals surface area (Å²) in [6, 6.07) is 3.89. The fourth-order valence-corrected chi connectivity index (χ4v) is 2.78. The maximum absolute atomic E-state index is 11.7. The summed E-state index contributed by atoms with van der Waals surface area (Å²) < 4.78 is 0. The average Bonchev–Trinajstić information content (AvgIpc) is 2.93. The van der Waals surface area contributed by atoms with Crippen molar-refractivity contribution in [2.75, 3.05) is 18.5 Å². The van der Waals surface area contributed by atoms with Gasteiger partial charge in [0.1, 0.15) is 5.82 Å². The quantitative estimate of drug-likeness (QED) is 0.692. The Bertz CT molecular complexity index is 507. The molecule has 112 valence electrons. The average molecular weight is 287 g/mol. The minimum absolute atomic E-state index is 0.212. The van der Waals surface area contributed by atoms with Crippen molar-refractivity contribution in [2.45, 2.75) is 31.7 Å². The molecule has 1 aromatic rings. The van der Waals surface area contributed by atoms with E-state index in [2.05, 4.69) is 21.5 Å². The predicted molar refractivity (Wildman–Crippen MR) is 81.9 cm³/mol. The van der Waals surface area contributed by atoms with Gasteiger partial charge in [-0.1, -0.05) is 12.3 Å². The zero-order valence-corrected chi connectivity index (χ0v) is 12.0. The van der Waals surface area contributed by atoms with Gasteiger partial charge in [0.25, 0.3) is 5.91 Å². The molecule has 0 bridgehead atoms. The summed E-state index contributed by atoms with van der Waals surface area (Å²) in [5.74, 6) is 3.40. The van der Waals surface area contributed by atoms with E-state index in [9.17, 15) is 4.79 Å². The number of terminal acetylenes is 1. The van der Waals surface area contributed by atoms with Crippen LogP contribution in [0.5, 0.6) is 0 Å². The van der Waals surface area contributed by atoms with Crippen molar-refractivity contribution in [3.8, 4) is 12.3 Å². The largest absolute Gasteiger partial charge is 0.396 e. The van der Waals surface area contributed by atoms with Crippen molar-refractivity contribution < 1.29 is 9.90 Å². The minimum Gasteiger partial charge on any atom is -0.396 e. The Labute approximate surface area is 125 Å². The zero-order valence-electron chi connectivity index (χ0n) is 12.0. The first-order valence-corrected chi connectivity index (χ1v) is 7.29. The van der Waals surface area contributed by atoms with E-state index >= 15 is 0 Å². The molecule has 1 heterocycles. The number of carbonyl (C=O) groups excluding carboxylic acids is 1. The van der Waals surface area contributed by atoms with E-state index in [1.807, 2.05) is 0 Å². The van der Waals surface area contributed by atoms with Gasteiger partial charge in [-0.15, -0.1) is 6.42 Å². The molecule has 0 spiro atoms. The highest BCUT2D eigenvalue weighted by atomic mass is 16.3. The molecule has 1 aliphatic carbocycles. The number of rotatable bonds is 6. The van der Waals surface area contributed by atoms with Crippen LogP contribution in [0.25, 0.3) is 0 Å². The number of hydrogen-bond acceptors (Lipinski definition) is 4. The summed E-state index contributed by atoms with van der Waals surface area (Å²) in [6.07, 6.45) is 10.9. The van der Waals surface area contributed by atoms with Crippen molar-refractivity contribution in [3.05, 3.63) is 23.9 Å². The van der Waals surface area contributed by atoms with Gasteiger partial charge in [0.15, 0.2) is 0 Å². The summed E-state index contributed by atoms with van der Waals surface area (Å²) in [4.78, 5) is 16.0. The monoisotopic (exact) mass is 287 g/mol. The Morgan fingerprint density at radius 1 is 1.48 bits per heavy atom. The van der Waals surface area contributed by atoms with Gasteiger partial charge in [-0.2, -0.15) is 0 Å². The number of amides is 1. The fraction of sp³-hybridized carbons (Fsp3) is 0.500. The Balaban J connectivity index is 1.93. The Morgan fingerprint density at radius 3 is 3.00 bits per heavy atom. The molecule has 1 fully saturated rings. The summed E-state index contributed by atoms with van der Waals surface area (Å²) in [6.45, 7) is 0.439. The molecule has 3 N–H and O–H groups in total. The van der Waals surface area contributed by atoms with Crippen molar-refractivity contribution in [1.29, 1.82) is 0 Å². The Morgan fingerprint density at radius 2 is 2.33 bits per heavy atom. The van der Waals surface area contributed by atoms with Crippen molar-refractivity contribution >= 4 is 11.7 Å². The van der Waals surface area contributed by atoms with Gasteiger partial charge in [0.2, 0.25) is 0 Å². The lowest BCUT2D eigenvalue weighted by Crippen LogP contribution is -2.26. The first kappa shape index (κ1) is 15.3. The third-order valence-corrected chi connectivity index (χ3v) is 3.87. The maximum Gasteiger partial charge on any atom is 0.253 e. The van der Waals surface area contributed by atoms with Crippen LogP contribution >= 0.6 is 0 Å². The van der Waals surface area contributed by atoms with Crippen LogP contribution in [0.4, 0.5) is 5.82 Å². The molecule has 5 heteroatoms. The molecule has 2 atom stereocenters. The lowest BCUT2D eigenvalue weighted by atomic mass is 10.00. The second-order valence-corrected chi connectivity index (χ2v) is 5.27. The fourth-order valence-electron chi connectivity index (χ4n) is 2.78. The van der Waals surface area contributed by atoms with E-state index in [-0.39, 0.29) is 19.1 Å². The normalized spacial score (nSPS) is 20.8. The van der Waals surface area contributed by atoms with Gasteiger partial charge in [0.05, 0.1) is 12.1 Å². The molecule has 1 amide bonds.